The van der Waals surface area contributed by atoms with E-state index in [4.69, 9.17) is 0 Å². The molecular formula is C31H38N2O2. The first-order chi connectivity index (χ1) is 16.9. The fourth-order valence-corrected chi connectivity index (χ4v) is 4.42. The number of nitrogens with one attached hydrogen (secondary N) is 1. The highest BCUT2D eigenvalue weighted by molar-refractivity contribution is 5.88. The summed E-state index contributed by atoms with van der Waals surface area (Å²) in [4.78, 5) is 29.1. The maximum atomic E-state index is 14.0. The maximum absolute atomic E-state index is 14.0. The fraction of sp³-hybridized carbons (Fsp3) is 0.355. The molecule has 3 aromatic carbocycles. The van der Waals surface area contributed by atoms with E-state index >= 15 is 0 Å². The lowest BCUT2D eigenvalue weighted by Crippen LogP contribution is -2.51. The van der Waals surface area contributed by atoms with Gasteiger partial charge < -0.3 is 10.2 Å². The van der Waals surface area contributed by atoms with Crippen molar-refractivity contribution in [3.05, 3.63) is 107 Å². The molecule has 0 unspecified atom stereocenters. The third-order valence-electron chi connectivity index (χ3n) is 6.77. The Morgan fingerprint density at radius 2 is 1.34 bits per heavy atom. The molecule has 0 heterocycles. The van der Waals surface area contributed by atoms with Gasteiger partial charge in [0.2, 0.25) is 11.8 Å². The smallest absolute Gasteiger partial charge is 0.243 e. The minimum Gasteiger partial charge on any atom is -0.352 e. The molecule has 3 aromatic rings. The van der Waals surface area contributed by atoms with Gasteiger partial charge >= 0.3 is 0 Å². The molecule has 2 atom stereocenters. The van der Waals surface area contributed by atoms with Gasteiger partial charge in [0.15, 0.2) is 0 Å². The predicted octanol–water partition coefficient (Wildman–Crippen LogP) is 6.24. The van der Waals surface area contributed by atoms with E-state index < -0.39 is 6.04 Å². The van der Waals surface area contributed by atoms with Crippen molar-refractivity contribution in [3.63, 3.8) is 0 Å². The van der Waals surface area contributed by atoms with Gasteiger partial charge in [-0.05, 0) is 48.9 Å². The molecule has 0 aliphatic carbocycles. The van der Waals surface area contributed by atoms with Crippen LogP contribution < -0.4 is 5.32 Å². The molecule has 184 valence electrons. The number of carbonyl (C=O) groups is 2. The highest BCUT2D eigenvalue weighted by atomic mass is 16.2. The minimum atomic E-state index is -0.525. The average molecular weight is 471 g/mol. The monoisotopic (exact) mass is 470 g/mol. The first-order valence-electron chi connectivity index (χ1n) is 12.7. The Morgan fingerprint density at radius 3 is 1.86 bits per heavy atom. The van der Waals surface area contributed by atoms with Crippen molar-refractivity contribution in [3.8, 4) is 0 Å². The molecule has 1 N–H and O–H groups in total. The highest BCUT2D eigenvalue weighted by Gasteiger charge is 2.31. The van der Waals surface area contributed by atoms with Crippen molar-refractivity contribution < 1.29 is 9.59 Å². The summed E-state index contributed by atoms with van der Waals surface area (Å²) in [6, 6.07) is 27.9. The molecule has 2 amide bonds. The summed E-state index contributed by atoms with van der Waals surface area (Å²) >= 11 is 0. The van der Waals surface area contributed by atoms with E-state index in [1.807, 2.05) is 75.4 Å². The van der Waals surface area contributed by atoms with Gasteiger partial charge in [-0.25, -0.2) is 0 Å². The molecule has 0 fully saturated rings. The molecule has 0 aliphatic heterocycles. The normalized spacial score (nSPS) is 12.7. The van der Waals surface area contributed by atoms with E-state index in [2.05, 4.69) is 42.6 Å². The van der Waals surface area contributed by atoms with Gasteiger partial charge in [0.25, 0.3) is 0 Å². The van der Waals surface area contributed by atoms with Gasteiger partial charge in [-0.3, -0.25) is 9.59 Å². The summed E-state index contributed by atoms with van der Waals surface area (Å²) in [6.45, 7) is 8.49. The number of benzene rings is 3. The second-order valence-electron chi connectivity index (χ2n) is 9.27. The van der Waals surface area contributed by atoms with Crippen LogP contribution in [-0.4, -0.2) is 28.8 Å². The number of hydrogen-bond acceptors (Lipinski definition) is 2. The van der Waals surface area contributed by atoms with Crippen LogP contribution >= 0.6 is 0 Å². The molecule has 0 radical (unpaired) electrons. The number of rotatable bonds is 11. The van der Waals surface area contributed by atoms with Crippen molar-refractivity contribution in [1.82, 2.24) is 10.2 Å². The van der Waals surface area contributed by atoms with Crippen LogP contribution in [0.5, 0.6) is 0 Å². The molecule has 0 aliphatic rings. The largest absolute Gasteiger partial charge is 0.352 e. The number of amides is 2. The Morgan fingerprint density at radius 1 is 0.800 bits per heavy atom. The zero-order chi connectivity index (χ0) is 25.2. The average Bonchev–Trinajstić information content (AvgIpc) is 2.89. The minimum absolute atomic E-state index is 0.0166. The van der Waals surface area contributed by atoms with Crippen molar-refractivity contribution in [2.24, 2.45) is 0 Å². The topological polar surface area (TPSA) is 49.4 Å². The molecule has 4 nitrogen and oxygen atoms in total. The summed E-state index contributed by atoms with van der Waals surface area (Å²) in [5.41, 5.74) is 4.37. The van der Waals surface area contributed by atoms with E-state index in [0.29, 0.717) is 19.4 Å². The predicted molar refractivity (Wildman–Crippen MR) is 143 cm³/mol. The molecule has 0 aromatic heterocycles. The van der Waals surface area contributed by atoms with Gasteiger partial charge in [-0.1, -0.05) is 98.8 Å². The van der Waals surface area contributed by atoms with E-state index in [1.165, 1.54) is 0 Å². The number of aryl methyl sites for hydroxylation is 1. The Bertz CT molecular complexity index is 1040. The van der Waals surface area contributed by atoms with Crippen LogP contribution in [0.4, 0.5) is 0 Å². The van der Waals surface area contributed by atoms with Gasteiger partial charge in [0.05, 0.1) is 0 Å². The number of nitrogens with zero attached hydrogens (tertiary/aromatic N) is 1. The zero-order valence-corrected chi connectivity index (χ0v) is 21.4. The number of hydrogen-bond donors (Lipinski definition) is 1. The lowest BCUT2D eigenvalue weighted by atomic mass is 9.88. The van der Waals surface area contributed by atoms with Crippen molar-refractivity contribution in [2.75, 3.05) is 0 Å². The molecular weight excluding hydrogens is 432 g/mol. The van der Waals surface area contributed by atoms with Crippen LogP contribution in [0, 0.1) is 6.92 Å². The lowest BCUT2D eigenvalue weighted by Gasteiger charge is -2.33. The Balaban J connectivity index is 1.96. The van der Waals surface area contributed by atoms with Crippen LogP contribution in [0.15, 0.2) is 84.9 Å². The second kappa shape index (κ2) is 12.9. The zero-order valence-electron chi connectivity index (χ0n) is 21.4. The summed E-state index contributed by atoms with van der Waals surface area (Å²) in [6.07, 6.45) is 1.70. The van der Waals surface area contributed by atoms with Crippen molar-refractivity contribution in [1.29, 1.82) is 0 Å². The molecule has 0 saturated carbocycles. The van der Waals surface area contributed by atoms with Gasteiger partial charge in [-0.15, -0.1) is 0 Å². The molecule has 3 rings (SSSR count). The van der Waals surface area contributed by atoms with Gasteiger partial charge in [-0.2, -0.15) is 0 Å². The molecule has 0 saturated heterocycles. The highest BCUT2D eigenvalue weighted by Crippen LogP contribution is 2.30. The van der Waals surface area contributed by atoms with E-state index in [0.717, 1.165) is 28.7 Å². The lowest BCUT2D eigenvalue weighted by molar-refractivity contribution is -0.141. The van der Waals surface area contributed by atoms with E-state index in [-0.39, 0.29) is 23.8 Å². The van der Waals surface area contributed by atoms with Crippen LogP contribution in [0.25, 0.3) is 0 Å². The Hall–Kier alpha value is -3.40. The standard InChI is InChI=1S/C31H38N2O2/c1-5-24(4)32-31(35)29(6-2)33(22-27-20-14-13-15-23(27)3)30(34)21-28(25-16-9-7-10-17-25)26-18-11-8-12-19-26/h7-20,24,28-29H,5-6,21-22H2,1-4H3,(H,32,35)/t24-,29+/m0/s1. The first kappa shape index (κ1) is 26.2. The number of carbonyl (C=O) groups excluding carboxylic acids is 2. The quantitative estimate of drug-likeness (QED) is 0.361. The van der Waals surface area contributed by atoms with Crippen LogP contribution in [-0.2, 0) is 16.1 Å². The van der Waals surface area contributed by atoms with Gasteiger partial charge in [0.1, 0.15) is 6.04 Å². The van der Waals surface area contributed by atoms with E-state index in [1.54, 1.807) is 4.90 Å². The molecule has 4 heteroatoms. The summed E-state index contributed by atoms with van der Waals surface area (Å²) in [7, 11) is 0. The SMILES string of the molecule is CC[C@H](C(=O)N[C@@H](C)CC)N(Cc1ccccc1C)C(=O)CC(c1ccccc1)c1ccccc1. The van der Waals surface area contributed by atoms with Crippen molar-refractivity contribution in [2.45, 2.75) is 71.5 Å². The van der Waals surface area contributed by atoms with Crippen LogP contribution in [0.2, 0.25) is 0 Å². The van der Waals surface area contributed by atoms with Gasteiger partial charge in [0, 0.05) is 24.9 Å². The van der Waals surface area contributed by atoms with Crippen LogP contribution in [0.3, 0.4) is 0 Å². The molecule has 35 heavy (non-hydrogen) atoms. The molecule has 0 bridgehead atoms. The first-order valence-corrected chi connectivity index (χ1v) is 12.7. The summed E-state index contributed by atoms with van der Waals surface area (Å²) < 4.78 is 0. The molecule has 0 spiro atoms. The third-order valence-corrected chi connectivity index (χ3v) is 6.77. The second-order valence-corrected chi connectivity index (χ2v) is 9.27. The maximum Gasteiger partial charge on any atom is 0.243 e. The Kier molecular flexibility index (Phi) is 9.66. The summed E-state index contributed by atoms with van der Waals surface area (Å²) in [5, 5.41) is 3.10. The summed E-state index contributed by atoms with van der Waals surface area (Å²) in [5.74, 6) is -0.184. The van der Waals surface area contributed by atoms with Crippen molar-refractivity contribution >= 4 is 11.8 Å². The van der Waals surface area contributed by atoms with E-state index in [9.17, 15) is 9.59 Å². The Labute approximate surface area is 210 Å². The van der Waals surface area contributed by atoms with Crippen LogP contribution in [0.1, 0.15) is 68.2 Å². The fourth-order valence-electron chi connectivity index (χ4n) is 4.42. The third kappa shape index (κ3) is 7.05.